The molecule has 1 aromatic rings. The van der Waals surface area contributed by atoms with E-state index in [0.29, 0.717) is 6.42 Å². The van der Waals surface area contributed by atoms with Gasteiger partial charge in [-0.1, -0.05) is 36.9 Å². The van der Waals surface area contributed by atoms with Gasteiger partial charge in [-0.3, -0.25) is 4.79 Å². The Bertz CT molecular complexity index is 633. The lowest BCUT2D eigenvalue weighted by Crippen LogP contribution is -2.35. The summed E-state index contributed by atoms with van der Waals surface area (Å²) in [6.45, 7) is 7.85. The highest BCUT2D eigenvalue weighted by Crippen LogP contribution is 2.09. The first kappa shape index (κ1) is 21.4. The number of carbonyl (C=O) groups is 2. The fourth-order valence-corrected chi connectivity index (χ4v) is 2.56. The summed E-state index contributed by atoms with van der Waals surface area (Å²) in [6, 6.07) is 7.75. The third kappa shape index (κ3) is 8.97. The van der Waals surface area contributed by atoms with E-state index >= 15 is 0 Å². The monoisotopic (exact) mass is 355 g/mol. The molecule has 1 atom stereocenters. The molecule has 0 aromatic heterocycles. The third-order valence-electron chi connectivity index (χ3n) is 3.77. The van der Waals surface area contributed by atoms with Gasteiger partial charge >= 0.3 is 0 Å². The zero-order chi connectivity index (χ0) is 19.2. The molecule has 26 heavy (non-hydrogen) atoms. The van der Waals surface area contributed by atoms with E-state index in [1.54, 1.807) is 12.3 Å². The van der Waals surface area contributed by atoms with Crippen molar-refractivity contribution in [2.24, 2.45) is 4.99 Å². The Morgan fingerprint density at radius 1 is 1.23 bits per heavy atom. The Labute approximate surface area is 156 Å². The predicted octanol–water partition coefficient (Wildman–Crippen LogP) is 2.96. The number of nitrogens with zero attached hydrogens (tertiary/aromatic N) is 1. The number of aliphatic imine (C=N–C) groups is 1. The Morgan fingerprint density at radius 3 is 2.50 bits per heavy atom. The van der Waals surface area contributed by atoms with E-state index < -0.39 is 6.04 Å². The summed E-state index contributed by atoms with van der Waals surface area (Å²) in [5, 5.41) is 5.92. The molecule has 0 spiro atoms. The SMILES string of the molecule is C=C/C=C(\N=C/C)NCCCCc1ccc(CC(C=O)NC(C)=O)cc1. The molecule has 1 unspecified atom stereocenters. The first-order chi connectivity index (χ1) is 12.6. The highest BCUT2D eigenvalue weighted by atomic mass is 16.2. The van der Waals surface area contributed by atoms with Crippen molar-refractivity contribution >= 4 is 18.4 Å². The smallest absolute Gasteiger partial charge is 0.217 e. The molecule has 0 fully saturated rings. The number of hydrogen-bond donors (Lipinski definition) is 2. The van der Waals surface area contributed by atoms with Crippen molar-refractivity contribution in [3.05, 3.63) is 59.9 Å². The predicted molar refractivity (Wildman–Crippen MR) is 107 cm³/mol. The summed E-state index contributed by atoms with van der Waals surface area (Å²) in [6.07, 6.45) is 9.75. The van der Waals surface area contributed by atoms with Crippen molar-refractivity contribution in [1.82, 2.24) is 10.6 Å². The lowest BCUT2D eigenvalue weighted by atomic mass is 10.0. The molecule has 0 radical (unpaired) electrons. The van der Waals surface area contributed by atoms with Crippen molar-refractivity contribution in [3.63, 3.8) is 0 Å². The minimum Gasteiger partial charge on any atom is -0.370 e. The molecule has 1 aromatic carbocycles. The van der Waals surface area contributed by atoms with Crippen LogP contribution in [0.5, 0.6) is 0 Å². The molecular formula is C21H29N3O2. The highest BCUT2D eigenvalue weighted by Gasteiger charge is 2.09. The molecule has 5 heteroatoms. The van der Waals surface area contributed by atoms with Gasteiger partial charge in [0, 0.05) is 19.7 Å². The fourth-order valence-electron chi connectivity index (χ4n) is 2.56. The molecule has 0 saturated carbocycles. The van der Waals surface area contributed by atoms with Gasteiger partial charge in [0.1, 0.15) is 12.1 Å². The van der Waals surface area contributed by atoms with Gasteiger partial charge in [-0.05, 0) is 49.8 Å². The normalized spacial score (nSPS) is 12.6. The van der Waals surface area contributed by atoms with Gasteiger partial charge < -0.3 is 15.4 Å². The second-order valence-electron chi connectivity index (χ2n) is 6.02. The van der Waals surface area contributed by atoms with Crippen LogP contribution in [0.25, 0.3) is 0 Å². The lowest BCUT2D eigenvalue weighted by molar-refractivity contribution is -0.122. The van der Waals surface area contributed by atoms with Gasteiger partial charge in [-0.2, -0.15) is 0 Å². The molecule has 0 heterocycles. The highest BCUT2D eigenvalue weighted by molar-refractivity contribution is 5.77. The maximum atomic E-state index is 11.1. The van der Waals surface area contributed by atoms with Crippen LogP contribution < -0.4 is 10.6 Å². The minimum absolute atomic E-state index is 0.192. The maximum Gasteiger partial charge on any atom is 0.217 e. The summed E-state index contributed by atoms with van der Waals surface area (Å²) in [7, 11) is 0. The second-order valence-corrected chi connectivity index (χ2v) is 6.02. The van der Waals surface area contributed by atoms with Crippen LogP contribution in [-0.4, -0.2) is 31.0 Å². The first-order valence-corrected chi connectivity index (χ1v) is 8.94. The van der Waals surface area contributed by atoms with Crippen LogP contribution in [0.1, 0.15) is 37.8 Å². The van der Waals surface area contributed by atoms with Gasteiger partial charge in [-0.15, -0.1) is 0 Å². The van der Waals surface area contributed by atoms with E-state index in [4.69, 9.17) is 0 Å². The van der Waals surface area contributed by atoms with Gasteiger partial charge in [0.2, 0.25) is 5.91 Å². The van der Waals surface area contributed by atoms with Crippen LogP contribution in [0.3, 0.4) is 0 Å². The van der Waals surface area contributed by atoms with E-state index in [0.717, 1.165) is 43.5 Å². The van der Waals surface area contributed by atoms with E-state index in [1.807, 2.05) is 25.1 Å². The Hall–Kier alpha value is -2.69. The average molecular weight is 355 g/mol. The van der Waals surface area contributed by atoms with Gasteiger partial charge in [0.05, 0.1) is 6.04 Å². The molecule has 0 aliphatic heterocycles. The minimum atomic E-state index is -0.465. The summed E-state index contributed by atoms with van der Waals surface area (Å²) in [4.78, 5) is 26.3. The average Bonchev–Trinajstić information content (AvgIpc) is 2.62. The van der Waals surface area contributed by atoms with Crippen LogP contribution in [-0.2, 0) is 22.4 Å². The molecule has 1 rings (SSSR count). The molecule has 0 aliphatic carbocycles. The summed E-state index contributed by atoms with van der Waals surface area (Å²) < 4.78 is 0. The summed E-state index contributed by atoms with van der Waals surface area (Å²) in [5.41, 5.74) is 2.31. The molecule has 5 nitrogen and oxygen atoms in total. The Balaban J connectivity index is 2.36. The number of aldehydes is 1. The van der Waals surface area contributed by atoms with Crippen LogP contribution in [0.4, 0.5) is 0 Å². The second kappa shape index (κ2) is 12.6. The van der Waals surface area contributed by atoms with Crippen molar-refractivity contribution in [2.75, 3.05) is 6.54 Å². The number of hydrogen-bond acceptors (Lipinski definition) is 4. The van der Waals surface area contributed by atoms with E-state index in [1.165, 1.54) is 12.5 Å². The number of unbranched alkanes of at least 4 members (excludes halogenated alkanes) is 1. The third-order valence-corrected chi connectivity index (χ3v) is 3.77. The zero-order valence-electron chi connectivity index (χ0n) is 15.7. The van der Waals surface area contributed by atoms with E-state index in [9.17, 15) is 9.59 Å². The van der Waals surface area contributed by atoms with Crippen LogP contribution in [0.2, 0.25) is 0 Å². The standard InChI is InChI=1S/C21H29N3O2/c1-4-8-21(22-5-2)23-14-7-6-9-18-10-12-19(13-11-18)15-20(16-25)24-17(3)26/h4-5,8,10-13,16,20,23H,1,6-7,9,14-15H2,2-3H3,(H,24,26)/b21-8+,22-5-. The van der Waals surface area contributed by atoms with Crippen LogP contribution >= 0.6 is 0 Å². The number of carbonyl (C=O) groups excluding carboxylic acids is 2. The Morgan fingerprint density at radius 2 is 1.92 bits per heavy atom. The zero-order valence-corrected chi connectivity index (χ0v) is 15.7. The first-order valence-electron chi connectivity index (χ1n) is 8.94. The topological polar surface area (TPSA) is 70.6 Å². The van der Waals surface area contributed by atoms with Crippen molar-refractivity contribution < 1.29 is 9.59 Å². The van der Waals surface area contributed by atoms with E-state index in [2.05, 4.69) is 34.3 Å². The number of amides is 1. The van der Waals surface area contributed by atoms with Crippen LogP contribution in [0, 0.1) is 0 Å². The van der Waals surface area contributed by atoms with Gasteiger partial charge in [0.25, 0.3) is 0 Å². The molecule has 0 aliphatic rings. The maximum absolute atomic E-state index is 11.1. The number of rotatable bonds is 12. The fraction of sp³-hybridized carbons (Fsp3) is 0.381. The van der Waals surface area contributed by atoms with Crippen molar-refractivity contribution in [1.29, 1.82) is 0 Å². The van der Waals surface area contributed by atoms with Gasteiger partial charge in [0.15, 0.2) is 0 Å². The number of aryl methyl sites for hydroxylation is 1. The summed E-state index contributed by atoms with van der Waals surface area (Å²) in [5.74, 6) is 0.638. The van der Waals surface area contributed by atoms with Crippen molar-refractivity contribution in [2.45, 2.75) is 45.6 Å². The Kier molecular flexibility index (Phi) is 10.4. The van der Waals surface area contributed by atoms with Crippen molar-refractivity contribution in [3.8, 4) is 0 Å². The molecule has 2 N–H and O–H groups in total. The number of nitrogens with one attached hydrogen (secondary N) is 2. The molecule has 0 bridgehead atoms. The van der Waals surface area contributed by atoms with Gasteiger partial charge in [-0.25, -0.2) is 4.99 Å². The largest absolute Gasteiger partial charge is 0.370 e. The van der Waals surface area contributed by atoms with E-state index in [-0.39, 0.29) is 5.91 Å². The van der Waals surface area contributed by atoms with Crippen LogP contribution in [0.15, 0.2) is 53.8 Å². The molecule has 0 saturated heterocycles. The molecule has 140 valence electrons. The number of allylic oxidation sites excluding steroid dienone is 2. The quantitative estimate of drug-likeness (QED) is 0.262. The molecular weight excluding hydrogens is 326 g/mol. The molecule has 1 amide bonds. The number of benzene rings is 1. The lowest BCUT2D eigenvalue weighted by Gasteiger charge is -2.11. The summed E-state index contributed by atoms with van der Waals surface area (Å²) >= 11 is 0.